The Balaban J connectivity index is 3.81. The quantitative estimate of drug-likeness (QED) is 0.762. The Morgan fingerprint density at radius 2 is 2.07 bits per heavy atom. The SMILES string of the molecule is CCN(CCO)C(=O)CSCC(F)(F)F. The number of amides is 1. The summed E-state index contributed by atoms with van der Waals surface area (Å²) in [5.74, 6) is -1.59. The predicted molar refractivity (Wildman–Crippen MR) is 52.7 cm³/mol. The molecule has 0 saturated heterocycles. The molecule has 15 heavy (non-hydrogen) atoms. The number of thioether (sulfide) groups is 1. The number of carbonyl (C=O) groups is 1. The van der Waals surface area contributed by atoms with Crippen LogP contribution in [0, 0.1) is 0 Å². The van der Waals surface area contributed by atoms with E-state index in [4.69, 9.17) is 5.11 Å². The number of hydrogen-bond donors (Lipinski definition) is 1. The van der Waals surface area contributed by atoms with E-state index in [2.05, 4.69) is 0 Å². The summed E-state index contributed by atoms with van der Waals surface area (Å²) in [4.78, 5) is 12.6. The highest BCUT2D eigenvalue weighted by atomic mass is 32.2. The van der Waals surface area contributed by atoms with E-state index >= 15 is 0 Å². The molecule has 0 aromatic carbocycles. The highest BCUT2D eigenvalue weighted by Crippen LogP contribution is 2.21. The molecular formula is C8H14F3NO2S. The zero-order valence-electron chi connectivity index (χ0n) is 8.38. The topological polar surface area (TPSA) is 40.5 Å². The van der Waals surface area contributed by atoms with Crippen LogP contribution in [-0.4, -0.2) is 53.3 Å². The normalized spacial score (nSPS) is 11.5. The zero-order chi connectivity index (χ0) is 11.9. The highest BCUT2D eigenvalue weighted by Gasteiger charge is 2.27. The van der Waals surface area contributed by atoms with E-state index in [0.29, 0.717) is 18.3 Å². The maximum Gasteiger partial charge on any atom is 0.397 e. The molecule has 1 amide bonds. The predicted octanol–water partition coefficient (Wildman–Crippen LogP) is 1.12. The number of likely N-dealkylation sites (N-methyl/N-ethyl adjacent to an activating group) is 1. The van der Waals surface area contributed by atoms with Crippen molar-refractivity contribution in [2.75, 3.05) is 31.2 Å². The Hall–Kier alpha value is -0.430. The maximum atomic E-state index is 11.8. The second kappa shape index (κ2) is 6.95. The van der Waals surface area contributed by atoms with Crippen LogP contribution in [0.3, 0.4) is 0 Å². The lowest BCUT2D eigenvalue weighted by Crippen LogP contribution is -2.35. The molecule has 7 heteroatoms. The minimum absolute atomic E-state index is 0.169. The first-order valence-electron chi connectivity index (χ1n) is 4.43. The van der Waals surface area contributed by atoms with E-state index in [1.807, 2.05) is 0 Å². The number of alkyl halides is 3. The van der Waals surface area contributed by atoms with Gasteiger partial charge in [0.15, 0.2) is 0 Å². The van der Waals surface area contributed by atoms with Gasteiger partial charge in [-0.1, -0.05) is 0 Å². The molecule has 0 spiro atoms. The van der Waals surface area contributed by atoms with E-state index < -0.39 is 11.9 Å². The lowest BCUT2D eigenvalue weighted by Gasteiger charge is -2.19. The number of hydrogen-bond acceptors (Lipinski definition) is 3. The number of aliphatic hydroxyl groups is 1. The Labute approximate surface area is 90.6 Å². The molecule has 0 aromatic heterocycles. The van der Waals surface area contributed by atoms with Gasteiger partial charge in [0.1, 0.15) is 0 Å². The Morgan fingerprint density at radius 3 is 2.47 bits per heavy atom. The van der Waals surface area contributed by atoms with Crippen molar-refractivity contribution in [2.45, 2.75) is 13.1 Å². The summed E-state index contributed by atoms with van der Waals surface area (Å²) in [5.41, 5.74) is 0. The van der Waals surface area contributed by atoms with Crippen molar-refractivity contribution in [3.8, 4) is 0 Å². The van der Waals surface area contributed by atoms with Crippen molar-refractivity contribution >= 4 is 17.7 Å². The molecule has 0 aromatic rings. The number of nitrogens with zero attached hydrogens (tertiary/aromatic N) is 1. The van der Waals surface area contributed by atoms with Crippen molar-refractivity contribution in [3.63, 3.8) is 0 Å². The lowest BCUT2D eigenvalue weighted by molar-refractivity contribution is -0.128. The van der Waals surface area contributed by atoms with Crippen molar-refractivity contribution < 1.29 is 23.1 Å². The minimum Gasteiger partial charge on any atom is -0.395 e. The largest absolute Gasteiger partial charge is 0.397 e. The molecule has 0 unspecified atom stereocenters. The third-order valence-electron chi connectivity index (χ3n) is 1.60. The third kappa shape index (κ3) is 7.49. The molecule has 90 valence electrons. The summed E-state index contributed by atoms with van der Waals surface area (Å²) in [7, 11) is 0. The Bertz CT molecular complexity index is 199. The van der Waals surface area contributed by atoms with E-state index in [-0.39, 0.29) is 24.8 Å². The molecule has 1 N–H and O–H groups in total. The van der Waals surface area contributed by atoms with Gasteiger partial charge in [0.2, 0.25) is 5.91 Å². The summed E-state index contributed by atoms with van der Waals surface area (Å²) >= 11 is 0.540. The van der Waals surface area contributed by atoms with Crippen LogP contribution in [-0.2, 0) is 4.79 Å². The molecule has 0 radical (unpaired) electrons. The average Bonchev–Trinajstić information content (AvgIpc) is 2.11. The van der Waals surface area contributed by atoms with Crippen molar-refractivity contribution in [3.05, 3.63) is 0 Å². The van der Waals surface area contributed by atoms with Crippen molar-refractivity contribution in [1.82, 2.24) is 4.90 Å². The smallest absolute Gasteiger partial charge is 0.395 e. The number of carbonyl (C=O) groups excluding carboxylic acids is 1. The monoisotopic (exact) mass is 245 g/mol. The Kier molecular flexibility index (Phi) is 6.75. The number of aliphatic hydroxyl groups excluding tert-OH is 1. The lowest BCUT2D eigenvalue weighted by atomic mass is 10.5. The molecular weight excluding hydrogens is 231 g/mol. The van der Waals surface area contributed by atoms with Gasteiger partial charge in [0, 0.05) is 13.1 Å². The van der Waals surface area contributed by atoms with Crippen LogP contribution < -0.4 is 0 Å². The Morgan fingerprint density at radius 1 is 1.47 bits per heavy atom. The summed E-state index contributed by atoms with van der Waals surface area (Å²) in [5, 5.41) is 8.59. The van der Waals surface area contributed by atoms with Crippen LogP contribution in [0.1, 0.15) is 6.92 Å². The van der Waals surface area contributed by atoms with Gasteiger partial charge in [-0.05, 0) is 6.92 Å². The molecule has 0 bridgehead atoms. The van der Waals surface area contributed by atoms with Gasteiger partial charge < -0.3 is 10.0 Å². The second-order valence-electron chi connectivity index (χ2n) is 2.80. The highest BCUT2D eigenvalue weighted by molar-refractivity contribution is 8.00. The second-order valence-corrected chi connectivity index (χ2v) is 3.79. The number of rotatable bonds is 6. The van der Waals surface area contributed by atoms with Crippen LogP contribution in [0.4, 0.5) is 13.2 Å². The van der Waals surface area contributed by atoms with E-state index in [1.165, 1.54) is 4.90 Å². The van der Waals surface area contributed by atoms with Gasteiger partial charge in [0.05, 0.1) is 18.1 Å². The molecule has 0 fully saturated rings. The van der Waals surface area contributed by atoms with Crippen LogP contribution >= 0.6 is 11.8 Å². The molecule has 0 aliphatic carbocycles. The van der Waals surface area contributed by atoms with E-state index in [1.54, 1.807) is 6.92 Å². The molecule has 0 aliphatic rings. The standard InChI is InChI=1S/C8H14F3NO2S/c1-2-12(3-4-13)7(14)5-15-6-8(9,10)11/h13H,2-6H2,1H3. The zero-order valence-corrected chi connectivity index (χ0v) is 9.20. The first-order chi connectivity index (χ1) is 6.90. The fraction of sp³-hybridized carbons (Fsp3) is 0.875. The first-order valence-corrected chi connectivity index (χ1v) is 5.59. The molecule has 0 rings (SSSR count). The summed E-state index contributed by atoms with van der Waals surface area (Å²) < 4.78 is 35.3. The summed E-state index contributed by atoms with van der Waals surface area (Å²) in [6, 6.07) is 0. The van der Waals surface area contributed by atoms with Crippen LogP contribution in [0.2, 0.25) is 0 Å². The molecule has 0 heterocycles. The van der Waals surface area contributed by atoms with Crippen LogP contribution in [0.25, 0.3) is 0 Å². The third-order valence-corrected chi connectivity index (χ3v) is 2.58. The van der Waals surface area contributed by atoms with Crippen molar-refractivity contribution in [2.24, 2.45) is 0 Å². The van der Waals surface area contributed by atoms with Crippen LogP contribution in [0.15, 0.2) is 0 Å². The average molecular weight is 245 g/mol. The van der Waals surface area contributed by atoms with Gasteiger partial charge in [-0.25, -0.2) is 0 Å². The summed E-state index contributed by atoms with van der Waals surface area (Å²) in [6.07, 6.45) is -4.24. The van der Waals surface area contributed by atoms with Gasteiger partial charge in [-0.3, -0.25) is 4.79 Å². The minimum atomic E-state index is -4.24. The van der Waals surface area contributed by atoms with Crippen LogP contribution in [0.5, 0.6) is 0 Å². The molecule has 3 nitrogen and oxygen atoms in total. The van der Waals surface area contributed by atoms with Crippen molar-refractivity contribution in [1.29, 1.82) is 0 Å². The molecule has 0 aliphatic heterocycles. The van der Waals surface area contributed by atoms with Gasteiger partial charge in [-0.2, -0.15) is 13.2 Å². The summed E-state index contributed by atoms with van der Waals surface area (Å²) in [6.45, 7) is 2.10. The fourth-order valence-electron chi connectivity index (χ4n) is 0.925. The maximum absolute atomic E-state index is 11.8. The molecule has 0 atom stereocenters. The first kappa shape index (κ1) is 14.6. The van der Waals surface area contributed by atoms with Gasteiger partial charge in [-0.15, -0.1) is 11.8 Å². The molecule has 0 saturated carbocycles. The number of halogens is 3. The van der Waals surface area contributed by atoms with E-state index in [9.17, 15) is 18.0 Å². The fourth-order valence-corrected chi connectivity index (χ4v) is 1.62. The van der Waals surface area contributed by atoms with Gasteiger partial charge in [0.25, 0.3) is 0 Å². The van der Waals surface area contributed by atoms with E-state index in [0.717, 1.165) is 0 Å². The van der Waals surface area contributed by atoms with Gasteiger partial charge >= 0.3 is 6.18 Å².